The van der Waals surface area contributed by atoms with Crippen molar-refractivity contribution in [2.75, 3.05) is 25.0 Å². The van der Waals surface area contributed by atoms with Crippen LogP contribution in [0, 0.1) is 0 Å². The Hall–Kier alpha value is -1.06. The normalized spacial score (nSPS) is 26.1. The molecule has 0 aliphatic carbocycles. The van der Waals surface area contributed by atoms with Gasteiger partial charge in [-0.15, -0.1) is 0 Å². The molecule has 2 N–H and O–H groups in total. The summed E-state index contributed by atoms with van der Waals surface area (Å²) >= 11 is 0. The van der Waals surface area contributed by atoms with Gasteiger partial charge in [-0.05, 0) is 11.6 Å². The summed E-state index contributed by atoms with van der Waals surface area (Å²) < 4.78 is 0. The molecule has 1 fully saturated rings. The molecule has 3 rings (SSSR count). The van der Waals surface area contributed by atoms with Crippen LogP contribution in [0.4, 0.5) is 5.69 Å². The number of para-hydroxylation sites is 1. The third kappa shape index (κ3) is 1.29. The number of nitrogens with one attached hydrogen (secondary N) is 2. The quantitative estimate of drug-likeness (QED) is 0.633. The highest BCUT2D eigenvalue weighted by Crippen LogP contribution is 2.25. The van der Waals surface area contributed by atoms with Gasteiger partial charge in [-0.1, -0.05) is 18.2 Å². The molecule has 1 aromatic rings. The first-order valence-electron chi connectivity index (χ1n) is 5.23. The summed E-state index contributed by atoms with van der Waals surface area (Å²) in [5.74, 6) is 0. The van der Waals surface area contributed by atoms with Crippen molar-refractivity contribution in [2.24, 2.45) is 0 Å². The minimum Gasteiger partial charge on any atom is -0.368 e. The van der Waals surface area contributed by atoms with Gasteiger partial charge in [0.2, 0.25) is 0 Å². The Labute approximate surface area is 84.1 Å². The lowest BCUT2D eigenvalue weighted by Gasteiger charge is -2.41. The minimum atomic E-state index is 0.485. The molecule has 1 aromatic carbocycles. The summed E-state index contributed by atoms with van der Waals surface area (Å²) in [6.07, 6.45) is 0.485. The van der Waals surface area contributed by atoms with E-state index < -0.39 is 0 Å². The van der Waals surface area contributed by atoms with Gasteiger partial charge in [-0.3, -0.25) is 4.90 Å². The van der Waals surface area contributed by atoms with E-state index in [0.29, 0.717) is 6.17 Å². The first kappa shape index (κ1) is 8.26. The summed E-state index contributed by atoms with van der Waals surface area (Å²) in [6.45, 7) is 4.40. The standard InChI is InChI=1S/C11H15N3/c1-2-4-10-9(3-1)8-14-6-5-12-7-11(14)13-10/h1-4,11-13H,5-8H2/t11-/m1/s1. The highest BCUT2D eigenvalue weighted by atomic mass is 15.3. The van der Waals surface area contributed by atoms with Crippen LogP contribution >= 0.6 is 0 Å². The largest absolute Gasteiger partial charge is 0.368 e. The van der Waals surface area contributed by atoms with E-state index in [1.165, 1.54) is 11.3 Å². The Morgan fingerprint density at radius 1 is 1.29 bits per heavy atom. The summed E-state index contributed by atoms with van der Waals surface area (Å²) in [5.41, 5.74) is 2.73. The molecule has 0 unspecified atom stereocenters. The lowest BCUT2D eigenvalue weighted by molar-refractivity contribution is 0.164. The number of benzene rings is 1. The van der Waals surface area contributed by atoms with Crippen molar-refractivity contribution >= 4 is 5.69 Å². The molecule has 1 atom stereocenters. The second kappa shape index (κ2) is 3.26. The summed E-state index contributed by atoms with van der Waals surface area (Å²) in [7, 11) is 0. The van der Waals surface area contributed by atoms with E-state index in [0.717, 1.165) is 26.2 Å². The maximum atomic E-state index is 3.56. The van der Waals surface area contributed by atoms with Crippen LogP contribution in [0.5, 0.6) is 0 Å². The summed E-state index contributed by atoms with van der Waals surface area (Å²) in [4.78, 5) is 2.50. The van der Waals surface area contributed by atoms with Crippen molar-refractivity contribution in [2.45, 2.75) is 12.7 Å². The molecule has 0 aromatic heterocycles. The topological polar surface area (TPSA) is 27.3 Å². The number of fused-ring (bicyclic) bond motifs is 2. The molecular formula is C11H15N3. The number of anilines is 1. The molecule has 0 radical (unpaired) electrons. The molecule has 3 nitrogen and oxygen atoms in total. The van der Waals surface area contributed by atoms with E-state index in [4.69, 9.17) is 0 Å². The Kier molecular flexibility index (Phi) is 1.92. The third-order valence-corrected chi connectivity index (χ3v) is 3.07. The molecular weight excluding hydrogens is 174 g/mol. The second-order valence-electron chi connectivity index (χ2n) is 3.99. The van der Waals surface area contributed by atoms with Crippen molar-refractivity contribution in [3.63, 3.8) is 0 Å². The third-order valence-electron chi connectivity index (χ3n) is 3.07. The van der Waals surface area contributed by atoms with Gasteiger partial charge in [0.25, 0.3) is 0 Å². The Morgan fingerprint density at radius 2 is 2.21 bits per heavy atom. The van der Waals surface area contributed by atoms with E-state index >= 15 is 0 Å². The van der Waals surface area contributed by atoms with Crippen LogP contribution in [-0.2, 0) is 6.54 Å². The zero-order chi connectivity index (χ0) is 9.38. The first-order chi connectivity index (χ1) is 6.93. The predicted octanol–water partition coefficient (Wildman–Crippen LogP) is 0.843. The van der Waals surface area contributed by atoms with E-state index in [1.807, 2.05) is 0 Å². The maximum Gasteiger partial charge on any atom is 0.0924 e. The minimum absolute atomic E-state index is 0.485. The molecule has 2 aliphatic heterocycles. The summed E-state index contributed by atoms with van der Waals surface area (Å²) in [6, 6.07) is 8.59. The molecule has 0 saturated carbocycles. The lowest BCUT2D eigenvalue weighted by Crippen LogP contribution is -2.56. The van der Waals surface area contributed by atoms with Gasteiger partial charge in [-0.25, -0.2) is 0 Å². The van der Waals surface area contributed by atoms with E-state index in [2.05, 4.69) is 39.8 Å². The maximum absolute atomic E-state index is 3.56. The monoisotopic (exact) mass is 189 g/mol. The lowest BCUT2D eigenvalue weighted by atomic mass is 10.1. The van der Waals surface area contributed by atoms with Gasteiger partial charge in [0, 0.05) is 31.9 Å². The van der Waals surface area contributed by atoms with Crippen molar-refractivity contribution < 1.29 is 0 Å². The Morgan fingerprint density at radius 3 is 3.21 bits per heavy atom. The SMILES string of the molecule is c1ccc2c(c1)CN1CCNC[C@@H]1N2. The van der Waals surface area contributed by atoms with Gasteiger partial charge in [0.15, 0.2) is 0 Å². The van der Waals surface area contributed by atoms with Crippen molar-refractivity contribution in [3.05, 3.63) is 29.8 Å². The number of hydrogen-bond donors (Lipinski definition) is 2. The Bertz CT molecular complexity index is 304. The van der Waals surface area contributed by atoms with Crippen molar-refractivity contribution in [1.29, 1.82) is 0 Å². The van der Waals surface area contributed by atoms with Crippen LogP contribution in [0.15, 0.2) is 24.3 Å². The fraction of sp³-hybridized carbons (Fsp3) is 0.455. The highest BCUT2D eigenvalue weighted by Gasteiger charge is 2.26. The van der Waals surface area contributed by atoms with Gasteiger partial charge in [-0.2, -0.15) is 0 Å². The molecule has 2 aliphatic rings. The number of rotatable bonds is 0. The zero-order valence-electron chi connectivity index (χ0n) is 8.16. The zero-order valence-corrected chi connectivity index (χ0v) is 8.16. The fourth-order valence-corrected chi connectivity index (χ4v) is 2.28. The van der Waals surface area contributed by atoms with Gasteiger partial charge >= 0.3 is 0 Å². The summed E-state index contributed by atoms with van der Waals surface area (Å²) in [5, 5.41) is 6.97. The molecule has 0 spiro atoms. The molecule has 0 bridgehead atoms. The first-order valence-corrected chi connectivity index (χ1v) is 5.23. The van der Waals surface area contributed by atoms with Crippen LogP contribution in [0.3, 0.4) is 0 Å². The fourth-order valence-electron chi connectivity index (χ4n) is 2.28. The average molecular weight is 189 g/mol. The number of nitrogens with zero attached hydrogens (tertiary/aromatic N) is 1. The highest BCUT2D eigenvalue weighted by molar-refractivity contribution is 5.53. The van der Waals surface area contributed by atoms with E-state index in [-0.39, 0.29) is 0 Å². The molecule has 74 valence electrons. The average Bonchev–Trinajstić information content (AvgIpc) is 2.26. The van der Waals surface area contributed by atoms with E-state index in [1.54, 1.807) is 0 Å². The van der Waals surface area contributed by atoms with Gasteiger partial charge in [0.05, 0.1) is 6.17 Å². The Balaban J connectivity index is 1.91. The van der Waals surface area contributed by atoms with Crippen LogP contribution in [-0.4, -0.2) is 30.7 Å². The molecule has 14 heavy (non-hydrogen) atoms. The number of hydrogen-bond acceptors (Lipinski definition) is 3. The van der Waals surface area contributed by atoms with Crippen molar-refractivity contribution in [3.8, 4) is 0 Å². The van der Waals surface area contributed by atoms with Gasteiger partial charge < -0.3 is 10.6 Å². The molecule has 3 heteroatoms. The van der Waals surface area contributed by atoms with Crippen LogP contribution in [0.25, 0.3) is 0 Å². The second-order valence-corrected chi connectivity index (χ2v) is 3.99. The van der Waals surface area contributed by atoms with Gasteiger partial charge in [0.1, 0.15) is 0 Å². The van der Waals surface area contributed by atoms with Crippen molar-refractivity contribution in [1.82, 2.24) is 10.2 Å². The molecule has 2 heterocycles. The molecule has 0 amide bonds. The number of piperazine rings is 1. The van der Waals surface area contributed by atoms with Crippen LogP contribution in [0.1, 0.15) is 5.56 Å². The predicted molar refractivity (Wildman–Crippen MR) is 57.1 cm³/mol. The smallest absolute Gasteiger partial charge is 0.0924 e. The van der Waals surface area contributed by atoms with Crippen LogP contribution in [0.2, 0.25) is 0 Å². The van der Waals surface area contributed by atoms with E-state index in [9.17, 15) is 0 Å². The molecule has 1 saturated heterocycles. The van der Waals surface area contributed by atoms with Crippen LogP contribution < -0.4 is 10.6 Å².